The van der Waals surface area contributed by atoms with E-state index in [0.717, 1.165) is 22.2 Å². The van der Waals surface area contributed by atoms with Gasteiger partial charge in [0.15, 0.2) is 0 Å². The van der Waals surface area contributed by atoms with Gasteiger partial charge in [0.1, 0.15) is 11.5 Å². The molecule has 0 bridgehead atoms. The average molecular weight is 376 g/mol. The van der Waals surface area contributed by atoms with E-state index in [1.54, 1.807) is 19.4 Å². The largest absolute Gasteiger partial charge is 0.497 e. The van der Waals surface area contributed by atoms with E-state index in [4.69, 9.17) is 9.47 Å². The maximum absolute atomic E-state index is 11.5. The van der Waals surface area contributed by atoms with Gasteiger partial charge in [-0.25, -0.2) is 9.48 Å². The van der Waals surface area contributed by atoms with Crippen LogP contribution in [0, 0.1) is 0 Å². The van der Waals surface area contributed by atoms with E-state index in [-0.39, 0.29) is 11.6 Å². The molecule has 2 aromatic carbocycles. The molecule has 140 valence electrons. The molecule has 1 N–H and O–H groups in total. The number of carbonyl (C=O) groups is 1. The van der Waals surface area contributed by atoms with Crippen molar-refractivity contribution in [3.63, 3.8) is 0 Å². The summed E-state index contributed by atoms with van der Waals surface area (Å²) in [5.74, 6) is -0.0445. The zero-order valence-electron chi connectivity index (χ0n) is 14.9. The van der Waals surface area contributed by atoms with E-state index in [1.807, 2.05) is 48.5 Å². The highest BCUT2D eigenvalue weighted by atomic mass is 16.5. The van der Waals surface area contributed by atoms with E-state index in [2.05, 4.69) is 15.3 Å². The van der Waals surface area contributed by atoms with Gasteiger partial charge in [0.25, 0.3) is 5.88 Å². The summed E-state index contributed by atoms with van der Waals surface area (Å²) in [6.45, 7) is 0.292. The molecular formula is C20H16N4O4. The lowest BCUT2D eigenvalue weighted by atomic mass is 10.2. The second-order valence-electron chi connectivity index (χ2n) is 6.02. The van der Waals surface area contributed by atoms with Crippen LogP contribution in [0.5, 0.6) is 17.4 Å². The third-order valence-electron chi connectivity index (χ3n) is 4.16. The molecule has 8 heteroatoms. The first-order chi connectivity index (χ1) is 13.6. The highest BCUT2D eigenvalue weighted by molar-refractivity contribution is 5.88. The molecule has 0 spiro atoms. The highest BCUT2D eigenvalue weighted by Gasteiger charge is 2.22. The molecular weight excluding hydrogens is 360 g/mol. The lowest BCUT2D eigenvalue weighted by molar-refractivity contribution is 0.0687. The van der Waals surface area contributed by atoms with Crippen molar-refractivity contribution in [2.75, 3.05) is 7.11 Å². The van der Waals surface area contributed by atoms with Crippen LogP contribution in [-0.2, 0) is 6.54 Å². The fourth-order valence-electron chi connectivity index (χ4n) is 2.77. The van der Waals surface area contributed by atoms with Crippen molar-refractivity contribution in [2.24, 2.45) is 0 Å². The van der Waals surface area contributed by atoms with Gasteiger partial charge in [-0.2, -0.15) is 0 Å². The summed E-state index contributed by atoms with van der Waals surface area (Å²) in [5.41, 5.74) is 1.45. The number of carboxylic acid groups (broad SMARTS) is 1. The van der Waals surface area contributed by atoms with Crippen molar-refractivity contribution in [1.82, 2.24) is 20.0 Å². The molecule has 0 aliphatic heterocycles. The molecule has 0 unspecified atom stereocenters. The fourth-order valence-corrected chi connectivity index (χ4v) is 2.77. The quantitative estimate of drug-likeness (QED) is 0.551. The first-order valence-corrected chi connectivity index (χ1v) is 8.46. The summed E-state index contributed by atoms with van der Waals surface area (Å²) in [4.78, 5) is 15.9. The number of methoxy groups -OCH3 is 1. The summed E-state index contributed by atoms with van der Waals surface area (Å²) >= 11 is 0. The number of carboxylic acids is 1. The highest BCUT2D eigenvalue weighted by Crippen LogP contribution is 2.27. The van der Waals surface area contributed by atoms with E-state index < -0.39 is 5.97 Å². The second-order valence-corrected chi connectivity index (χ2v) is 6.02. The van der Waals surface area contributed by atoms with Crippen LogP contribution in [0.25, 0.3) is 10.9 Å². The molecule has 4 aromatic rings. The lowest BCUT2D eigenvalue weighted by Crippen LogP contribution is -2.06. The number of fused-ring (bicyclic) bond motifs is 1. The van der Waals surface area contributed by atoms with Crippen molar-refractivity contribution < 1.29 is 19.4 Å². The molecule has 0 fully saturated rings. The molecule has 0 aliphatic carbocycles. The van der Waals surface area contributed by atoms with E-state index in [9.17, 15) is 9.90 Å². The topological polar surface area (TPSA) is 99.4 Å². The van der Waals surface area contributed by atoms with Crippen LogP contribution in [-0.4, -0.2) is 38.2 Å². The van der Waals surface area contributed by atoms with E-state index >= 15 is 0 Å². The number of aromatic carboxylic acids is 1. The number of para-hydroxylation sites is 1. The first kappa shape index (κ1) is 17.5. The summed E-state index contributed by atoms with van der Waals surface area (Å²) in [6, 6.07) is 16.7. The number of rotatable bonds is 6. The SMILES string of the molecule is COc1ccc(Cn2nnc(C(=O)O)c2Oc2cnc3ccccc3c2)cc1. The molecule has 0 radical (unpaired) electrons. The van der Waals surface area contributed by atoms with Crippen LogP contribution in [0.1, 0.15) is 16.1 Å². The summed E-state index contributed by atoms with van der Waals surface area (Å²) in [7, 11) is 1.59. The fraction of sp³-hybridized carbons (Fsp3) is 0.100. The maximum atomic E-state index is 11.5. The number of hydrogen-bond donors (Lipinski definition) is 1. The zero-order chi connectivity index (χ0) is 19.5. The van der Waals surface area contributed by atoms with Crippen LogP contribution in [0.15, 0.2) is 60.8 Å². The summed E-state index contributed by atoms with van der Waals surface area (Å²) in [6.07, 6.45) is 1.54. The maximum Gasteiger partial charge on any atom is 0.362 e. The van der Waals surface area contributed by atoms with Crippen LogP contribution in [0.4, 0.5) is 0 Å². The molecule has 0 aliphatic rings. The van der Waals surface area contributed by atoms with Crippen LogP contribution in [0.2, 0.25) is 0 Å². The van der Waals surface area contributed by atoms with Gasteiger partial charge in [-0.15, -0.1) is 5.10 Å². The monoisotopic (exact) mass is 376 g/mol. The Morgan fingerprint density at radius 2 is 1.89 bits per heavy atom. The number of pyridine rings is 1. The summed E-state index contributed by atoms with van der Waals surface area (Å²) in [5, 5.41) is 18.0. The third kappa shape index (κ3) is 3.48. The predicted molar refractivity (Wildman–Crippen MR) is 101 cm³/mol. The Labute approximate surface area is 160 Å². The minimum Gasteiger partial charge on any atom is -0.497 e. The van der Waals surface area contributed by atoms with Gasteiger partial charge in [-0.3, -0.25) is 4.98 Å². The Morgan fingerprint density at radius 1 is 1.11 bits per heavy atom. The second kappa shape index (κ2) is 7.36. The standard InChI is InChI=1S/C20H16N4O4/c1-27-15-8-6-13(7-9-15)12-24-19(18(20(25)26)22-23-24)28-16-10-14-4-2-3-5-17(14)21-11-16/h2-11H,12H2,1H3,(H,25,26). The molecule has 0 saturated heterocycles. The smallest absolute Gasteiger partial charge is 0.362 e. The Balaban J connectivity index is 1.67. The van der Waals surface area contributed by atoms with Gasteiger partial charge in [0.2, 0.25) is 5.69 Å². The van der Waals surface area contributed by atoms with Gasteiger partial charge >= 0.3 is 5.97 Å². The van der Waals surface area contributed by atoms with Gasteiger partial charge in [0.05, 0.1) is 25.4 Å². The van der Waals surface area contributed by atoms with Gasteiger partial charge in [0, 0.05) is 5.39 Å². The molecule has 0 amide bonds. The number of ether oxygens (including phenoxy) is 2. The number of nitrogens with zero attached hydrogens (tertiary/aromatic N) is 4. The minimum atomic E-state index is -1.22. The van der Waals surface area contributed by atoms with Gasteiger partial charge < -0.3 is 14.6 Å². The Kier molecular flexibility index (Phi) is 4.59. The first-order valence-electron chi connectivity index (χ1n) is 8.46. The Bertz CT molecular complexity index is 1140. The molecule has 8 nitrogen and oxygen atoms in total. The number of benzene rings is 2. The Hall–Kier alpha value is -3.94. The Morgan fingerprint density at radius 3 is 2.64 bits per heavy atom. The number of hydrogen-bond acceptors (Lipinski definition) is 6. The van der Waals surface area contributed by atoms with Crippen molar-refractivity contribution in [3.8, 4) is 17.4 Å². The van der Waals surface area contributed by atoms with Gasteiger partial charge in [-0.1, -0.05) is 35.5 Å². The van der Waals surface area contributed by atoms with Crippen LogP contribution >= 0.6 is 0 Å². The van der Waals surface area contributed by atoms with Crippen molar-refractivity contribution >= 4 is 16.9 Å². The third-order valence-corrected chi connectivity index (χ3v) is 4.16. The molecule has 0 atom stereocenters. The molecule has 0 saturated carbocycles. The predicted octanol–water partition coefficient (Wildman–Crippen LogP) is 3.37. The average Bonchev–Trinajstić information content (AvgIpc) is 3.11. The molecule has 2 aromatic heterocycles. The van der Waals surface area contributed by atoms with Crippen molar-refractivity contribution in [1.29, 1.82) is 0 Å². The van der Waals surface area contributed by atoms with Crippen molar-refractivity contribution in [3.05, 3.63) is 72.1 Å². The van der Waals surface area contributed by atoms with E-state index in [1.165, 1.54) is 4.68 Å². The summed E-state index contributed by atoms with van der Waals surface area (Å²) < 4.78 is 12.4. The lowest BCUT2D eigenvalue weighted by Gasteiger charge is -2.10. The van der Waals surface area contributed by atoms with Gasteiger partial charge in [-0.05, 0) is 29.8 Å². The minimum absolute atomic E-state index is 0.0420. The molecule has 4 rings (SSSR count). The van der Waals surface area contributed by atoms with Crippen molar-refractivity contribution in [2.45, 2.75) is 6.54 Å². The normalized spacial score (nSPS) is 10.8. The van der Waals surface area contributed by atoms with Crippen LogP contribution < -0.4 is 9.47 Å². The molecule has 28 heavy (non-hydrogen) atoms. The van der Waals surface area contributed by atoms with Crippen LogP contribution in [0.3, 0.4) is 0 Å². The van der Waals surface area contributed by atoms with E-state index in [0.29, 0.717) is 12.3 Å². The number of aromatic nitrogens is 4. The molecule has 2 heterocycles. The zero-order valence-corrected chi connectivity index (χ0v) is 14.9.